The van der Waals surface area contributed by atoms with Crippen LogP contribution in [-0.4, -0.2) is 0 Å². The molecule has 5 rings (SSSR count). The Balaban J connectivity index is 0.00000112. The number of hydrogen-bond donors (Lipinski definition) is 0. The molecule has 5 aromatic carbocycles. The fourth-order valence-corrected chi connectivity index (χ4v) is 3.27. The van der Waals surface area contributed by atoms with E-state index in [9.17, 15) is 0 Å². The molecular weight excluding hydrogens is 490 g/mol. The normalized spacial score (nSPS) is 10.3. The first-order chi connectivity index (χ1) is 12.9. The molecule has 5 aromatic rings. The number of rotatable bonds is 2. The molecule has 0 aliphatic heterocycles. The first-order valence-electron chi connectivity index (χ1n) is 8.63. The predicted octanol–water partition coefficient (Wildman–Crippen LogP) is 6.52. The van der Waals surface area contributed by atoms with Gasteiger partial charge in [-0.15, -0.1) is 41.1 Å². The minimum atomic E-state index is 0. The van der Waals surface area contributed by atoms with Crippen LogP contribution in [0, 0.1) is 24.3 Å². The summed E-state index contributed by atoms with van der Waals surface area (Å²) in [5.74, 6) is 0. The van der Waals surface area contributed by atoms with Gasteiger partial charge in [0.25, 0.3) is 0 Å². The Kier molecular flexibility index (Phi) is 7.35. The molecule has 0 aliphatic rings. The van der Waals surface area contributed by atoms with E-state index in [1.165, 1.54) is 16.2 Å². The summed E-state index contributed by atoms with van der Waals surface area (Å²) in [6, 6.07) is 42.6. The SMILES string of the molecule is [Y].[Y].[c-]1ccc(-c2[c-]cc3ccccc3c2)[c-]c1-c1[c-]c2ccccc2cc1. The second-order valence-electron chi connectivity index (χ2n) is 6.33. The molecule has 0 nitrogen and oxygen atoms in total. The van der Waals surface area contributed by atoms with Crippen LogP contribution in [0.2, 0.25) is 0 Å². The van der Waals surface area contributed by atoms with Gasteiger partial charge in [0.15, 0.2) is 0 Å². The van der Waals surface area contributed by atoms with Crippen molar-refractivity contribution in [2.24, 2.45) is 0 Å². The second kappa shape index (κ2) is 9.55. The molecule has 0 bridgehead atoms. The number of hydrogen-bond acceptors (Lipinski definition) is 0. The predicted molar refractivity (Wildman–Crippen MR) is 108 cm³/mol. The summed E-state index contributed by atoms with van der Waals surface area (Å²) in [5.41, 5.74) is 3.99. The Bertz CT molecular complexity index is 1150. The molecule has 2 heteroatoms. The van der Waals surface area contributed by atoms with Gasteiger partial charge < -0.3 is 17.7 Å². The van der Waals surface area contributed by atoms with E-state index in [-0.39, 0.29) is 65.4 Å². The average Bonchev–Trinajstić information content (AvgIpc) is 2.73. The Morgan fingerprint density at radius 1 is 0.536 bits per heavy atom. The molecule has 2 radical (unpaired) electrons. The molecule has 0 N–H and O–H groups in total. The second-order valence-corrected chi connectivity index (χ2v) is 6.33. The van der Waals surface area contributed by atoms with Crippen LogP contribution in [0.15, 0.2) is 84.9 Å². The summed E-state index contributed by atoms with van der Waals surface area (Å²) in [6.45, 7) is 0. The van der Waals surface area contributed by atoms with Crippen molar-refractivity contribution < 1.29 is 65.4 Å². The van der Waals surface area contributed by atoms with E-state index < -0.39 is 0 Å². The zero-order chi connectivity index (χ0) is 17.3. The summed E-state index contributed by atoms with van der Waals surface area (Å²) in [5, 5.41) is 4.70. The van der Waals surface area contributed by atoms with E-state index in [0.717, 1.165) is 27.6 Å². The summed E-state index contributed by atoms with van der Waals surface area (Å²) in [4.78, 5) is 0. The average molecular weight is 504 g/mol. The molecule has 0 atom stereocenters. The van der Waals surface area contributed by atoms with Gasteiger partial charge in [0.2, 0.25) is 0 Å². The fourth-order valence-electron chi connectivity index (χ4n) is 3.27. The largest absolute Gasteiger partial charge is 0.367 e. The summed E-state index contributed by atoms with van der Waals surface area (Å²) < 4.78 is 0. The van der Waals surface area contributed by atoms with Crippen LogP contribution < -0.4 is 0 Å². The van der Waals surface area contributed by atoms with E-state index in [2.05, 4.69) is 72.8 Å². The van der Waals surface area contributed by atoms with Gasteiger partial charge in [0.1, 0.15) is 0 Å². The minimum absolute atomic E-state index is 0. The van der Waals surface area contributed by atoms with Crippen molar-refractivity contribution in [2.75, 3.05) is 0 Å². The van der Waals surface area contributed by atoms with Crippen LogP contribution in [-0.2, 0) is 65.4 Å². The first-order valence-corrected chi connectivity index (χ1v) is 8.63. The number of benzene rings is 5. The molecule has 0 heterocycles. The van der Waals surface area contributed by atoms with Crippen molar-refractivity contribution in [1.29, 1.82) is 0 Å². The maximum absolute atomic E-state index is 3.49. The third-order valence-electron chi connectivity index (χ3n) is 4.64. The molecule has 0 unspecified atom stereocenters. The van der Waals surface area contributed by atoms with Gasteiger partial charge in [0.05, 0.1) is 0 Å². The van der Waals surface area contributed by atoms with Gasteiger partial charge >= 0.3 is 0 Å². The van der Waals surface area contributed by atoms with Gasteiger partial charge in [-0.05, 0) is 0 Å². The smallest absolute Gasteiger partial charge is 0 e. The molecule has 0 saturated heterocycles. The fraction of sp³-hybridized carbons (Fsp3) is 0. The Hall–Kier alpha value is -1.17. The van der Waals surface area contributed by atoms with Gasteiger partial charge in [-0.25, -0.2) is 12.1 Å². The molecule has 0 amide bonds. The standard InChI is InChI=1S/C26H14.2Y/c1-3-8-21-16-25(14-12-19(21)6-1)23-10-5-11-24(18-23)26-15-13-20-7-2-4-9-22(20)17-26;;/h1-10,12-13,15-16H;;/q-4;;. The van der Waals surface area contributed by atoms with Crippen molar-refractivity contribution in [3.05, 3.63) is 109 Å². The maximum atomic E-state index is 3.49. The Labute approximate surface area is 216 Å². The summed E-state index contributed by atoms with van der Waals surface area (Å²) >= 11 is 0. The van der Waals surface area contributed by atoms with Gasteiger partial charge in [0, 0.05) is 65.4 Å². The van der Waals surface area contributed by atoms with Crippen LogP contribution in [0.4, 0.5) is 0 Å². The van der Waals surface area contributed by atoms with Crippen LogP contribution in [0.25, 0.3) is 43.8 Å². The minimum Gasteiger partial charge on any atom is -0.367 e. The first kappa shape index (κ1) is 21.5. The Morgan fingerprint density at radius 2 is 1.29 bits per heavy atom. The molecular formula is C26H14Y2-4. The van der Waals surface area contributed by atoms with E-state index in [4.69, 9.17) is 0 Å². The summed E-state index contributed by atoms with van der Waals surface area (Å²) in [7, 11) is 0. The zero-order valence-corrected chi connectivity index (χ0v) is 20.9. The molecule has 28 heavy (non-hydrogen) atoms. The molecule has 128 valence electrons. The third kappa shape index (κ3) is 4.36. The van der Waals surface area contributed by atoms with E-state index in [0.29, 0.717) is 0 Å². The molecule has 0 aromatic heterocycles. The van der Waals surface area contributed by atoms with Crippen molar-refractivity contribution in [3.63, 3.8) is 0 Å². The van der Waals surface area contributed by atoms with Crippen LogP contribution >= 0.6 is 0 Å². The van der Waals surface area contributed by atoms with Crippen LogP contribution in [0.1, 0.15) is 0 Å². The summed E-state index contributed by atoms with van der Waals surface area (Å²) in [6.07, 6.45) is 0. The van der Waals surface area contributed by atoms with Crippen molar-refractivity contribution in [3.8, 4) is 22.3 Å². The topological polar surface area (TPSA) is 0 Å². The van der Waals surface area contributed by atoms with Gasteiger partial charge in [-0.1, -0.05) is 53.2 Å². The Morgan fingerprint density at radius 3 is 2.14 bits per heavy atom. The zero-order valence-electron chi connectivity index (χ0n) is 15.2. The van der Waals surface area contributed by atoms with E-state index in [1.807, 2.05) is 36.4 Å². The van der Waals surface area contributed by atoms with Gasteiger partial charge in [-0.3, -0.25) is 23.3 Å². The molecule has 0 saturated carbocycles. The van der Waals surface area contributed by atoms with Gasteiger partial charge in [-0.2, -0.15) is 5.56 Å². The van der Waals surface area contributed by atoms with Crippen molar-refractivity contribution >= 4 is 21.5 Å². The van der Waals surface area contributed by atoms with Crippen molar-refractivity contribution in [2.45, 2.75) is 0 Å². The number of fused-ring (bicyclic) bond motifs is 2. The quantitative estimate of drug-likeness (QED) is 0.240. The van der Waals surface area contributed by atoms with Crippen LogP contribution in [0.3, 0.4) is 0 Å². The van der Waals surface area contributed by atoms with E-state index in [1.54, 1.807) is 0 Å². The molecule has 0 fully saturated rings. The third-order valence-corrected chi connectivity index (χ3v) is 4.64. The van der Waals surface area contributed by atoms with Crippen LogP contribution in [0.5, 0.6) is 0 Å². The molecule has 0 aliphatic carbocycles. The van der Waals surface area contributed by atoms with E-state index >= 15 is 0 Å². The van der Waals surface area contributed by atoms with Crippen molar-refractivity contribution in [1.82, 2.24) is 0 Å². The maximum Gasteiger partial charge on any atom is 0 e. The molecule has 0 spiro atoms. The monoisotopic (exact) mass is 504 g/mol.